The maximum Gasteiger partial charge on any atom is 0.167 e. The third-order valence-corrected chi connectivity index (χ3v) is 2.40. The summed E-state index contributed by atoms with van der Waals surface area (Å²) in [6.07, 6.45) is 6.10. The quantitative estimate of drug-likeness (QED) is 0.491. The van der Waals surface area contributed by atoms with Crippen molar-refractivity contribution in [2.24, 2.45) is 11.8 Å². The minimum atomic E-state index is 0.0902. The molecule has 0 radical (unpaired) electrons. The number of hydrogen-bond donors (Lipinski definition) is 0. The molecule has 2 rings (SSSR count). The number of terminal acetylenes is 1. The van der Waals surface area contributed by atoms with Crippen LogP contribution in [0, 0.1) is 24.2 Å². The predicted molar refractivity (Wildman–Crippen MR) is 51.2 cm³/mol. The van der Waals surface area contributed by atoms with Gasteiger partial charge in [0.1, 0.15) is 0 Å². The van der Waals surface area contributed by atoms with Crippen LogP contribution in [-0.2, 0) is 0 Å². The minimum Gasteiger partial charge on any atom is -0.294 e. The molecule has 0 amide bonds. The number of rotatable bonds is 2. The first-order valence-corrected chi connectivity index (χ1v) is 4.38. The molecule has 13 heavy (non-hydrogen) atoms. The number of carbonyl (C=O) groups is 1. The molecule has 1 aromatic rings. The van der Waals surface area contributed by atoms with Crippen molar-refractivity contribution in [2.75, 3.05) is 0 Å². The van der Waals surface area contributed by atoms with Crippen molar-refractivity contribution < 1.29 is 4.79 Å². The third-order valence-electron chi connectivity index (χ3n) is 2.40. The lowest BCUT2D eigenvalue weighted by atomic mass is 10.1. The Bertz CT molecular complexity index is 358. The van der Waals surface area contributed by atoms with Gasteiger partial charge in [-0.15, -0.1) is 12.3 Å². The molecule has 1 aliphatic carbocycles. The average molecular weight is 170 g/mol. The normalized spacial score (nSPS) is 24.8. The van der Waals surface area contributed by atoms with Crippen LogP contribution in [0.15, 0.2) is 30.3 Å². The first-order chi connectivity index (χ1) is 6.33. The molecule has 1 aliphatic rings. The molecule has 1 saturated carbocycles. The lowest BCUT2D eigenvalue weighted by Gasteiger charge is -1.96. The second kappa shape index (κ2) is 3.06. The maximum absolute atomic E-state index is 11.7. The van der Waals surface area contributed by atoms with Gasteiger partial charge in [-0.1, -0.05) is 30.3 Å². The molecule has 0 bridgehead atoms. The summed E-state index contributed by atoms with van der Waals surface area (Å²) in [5, 5.41) is 0. The molecule has 0 spiro atoms. The zero-order valence-electron chi connectivity index (χ0n) is 7.23. The largest absolute Gasteiger partial charge is 0.294 e. The molecule has 0 saturated heterocycles. The fourth-order valence-electron chi connectivity index (χ4n) is 1.49. The van der Waals surface area contributed by atoms with Gasteiger partial charge in [-0.3, -0.25) is 4.79 Å². The first kappa shape index (κ1) is 8.07. The summed E-state index contributed by atoms with van der Waals surface area (Å²) in [5.41, 5.74) is 0.783. The number of ketones is 1. The maximum atomic E-state index is 11.7. The van der Waals surface area contributed by atoms with Gasteiger partial charge in [0.2, 0.25) is 0 Å². The van der Waals surface area contributed by atoms with E-state index in [4.69, 9.17) is 6.42 Å². The second-order valence-electron chi connectivity index (χ2n) is 3.35. The van der Waals surface area contributed by atoms with Gasteiger partial charge in [0.25, 0.3) is 0 Å². The van der Waals surface area contributed by atoms with E-state index in [0.29, 0.717) is 0 Å². The van der Waals surface area contributed by atoms with Crippen molar-refractivity contribution in [3.63, 3.8) is 0 Å². The Morgan fingerprint density at radius 2 is 2.08 bits per heavy atom. The molecule has 64 valence electrons. The van der Waals surface area contributed by atoms with Crippen molar-refractivity contribution in [3.05, 3.63) is 35.9 Å². The number of Topliss-reactive ketones (excluding diaryl/α,β-unsaturated/α-hetero) is 1. The van der Waals surface area contributed by atoms with E-state index in [1.54, 1.807) is 0 Å². The Balaban J connectivity index is 2.13. The highest BCUT2D eigenvalue weighted by molar-refractivity contribution is 5.99. The topological polar surface area (TPSA) is 17.1 Å². The van der Waals surface area contributed by atoms with Crippen molar-refractivity contribution in [1.29, 1.82) is 0 Å². The van der Waals surface area contributed by atoms with E-state index in [-0.39, 0.29) is 17.6 Å². The summed E-state index contributed by atoms with van der Waals surface area (Å²) in [7, 11) is 0. The molecule has 1 aromatic carbocycles. The van der Waals surface area contributed by atoms with Crippen LogP contribution in [0.2, 0.25) is 0 Å². The summed E-state index contributed by atoms with van der Waals surface area (Å²) >= 11 is 0. The van der Waals surface area contributed by atoms with E-state index in [1.165, 1.54) is 0 Å². The smallest absolute Gasteiger partial charge is 0.167 e. The van der Waals surface area contributed by atoms with Gasteiger partial charge >= 0.3 is 0 Å². The Labute approximate surface area is 77.8 Å². The van der Waals surface area contributed by atoms with Gasteiger partial charge in [0.15, 0.2) is 5.78 Å². The van der Waals surface area contributed by atoms with Crippen LogP contribution < -0.4 is 0 Å². The highest BCUT2D eigenvalue weighted by Crippen LogP contribution is 2.40. The van der Waals surface area contributed by atoms with Crippen molar-refractivity contribution >= 4 is 5.78 Å². The molecule has 1 heteroatoms. The van der Waals surface area contributed by atoms with Crippen LogP contribution in [0.3, 0.4) is 0 Å². The number of benzene rings is 1. The number of carbonyl (C=O) groups excluding carboxylic acids is 1. The van der Waals surface area contributed by atoms with Gasteiger partial charge in [-0.05, 0) is 6.42 Å². The molecule has 2 atom stereocenters. The van der Waals surface area contributed by atoms with E-state index in [1.807, 2.05) is 30.3 Å². The monoisotopic (exact) mass is 170 g/mol. The Morgan fingerprint density at radius 3 is 2.62 bits per heavy atom. The van der Waals surface area contributed by atoms with E-state index in [9.17, 15) is 4.79 Å². The molecule has 2 unspecified atom stereocenters. The van der Waals surface area contributed by atoms with Crippen molar-refractivity contribution in [3.8, 4) is 12.3 Å². The summed E-state index contributed by atoms with van der Waals surface area (Å²) in [5.74, 6) is 3.09. The van der Waals surface area contributed by atoms with Crippen LogP contribution in [-0.4, -0.2) is 5.78 Å². The van der Waals surface area contributed by atoms with E-state index in [2.05, 4.69) is 5.92 Å². The van der Waals surface area contributed by atoms with Gasteiger partial charge in [0, 0.05) is 17.4 Å². The van der Waals surface area contributed by atoms with Gasteiger partial charge in [0.05, 0.1) is 0 Å². The van der Waals surface area contributed by atoms with E-state index in [0.717, 1.165) is 12.0 Å². The Morgan fingerprint density at radius 1 is 1.38 bits per heavy atom. The summed E-state index contributed by atoms with van der Waals surface area (Å²) in [6, 6.07) is 9.34. The zero-order valence-corrected chi connectivity index (χ0v) is 7.23. The van der Waals surface area contributed by atoms with Crippen LogP contribution in [0.5, 0.6) is 0 Å². The second-order valence-corrected chi connectivity index (χ2v) is 3.35. The minimum absolute atomic E-state index is 0.0902. The van der Waals surface area contributed by atoms with Crippen molar-refractivity contribution in [2.45, 2.75) is 6.42 Å². The first-order valence-electron chi connectivity index (χ1n) is 4.38. The fourth-order valence-corrected chi connectivity index (χ4v) is 1.49. The van der Waals surface area contributed by atoms with E-state index >= 15 is 0 Å². The van der Waals surface area contributed by atoms with Gasteiger partial charge < -0.3 is 0 Å². The summed E-state index contributed by atoms with van der Waals surface area (Å²) in [6.45, 7) is 0. The zero-order chi connectivity index (χ0) is 9.26. The molecule has 0 heterocycles. The van der Waals surface area contributed by atoms with Gasteiger partial charge in [-0.25, -0.2) is 0 Å². The predicted octanol–water partition coefficient (Wildman–Crippen LogP) is 2.14. The molecule has 0 aliphatic heterocycles. The SMILES string of the molecule is C#CC1CC1C(=O)c1ccccc1. The average Bonchev–Trinajstić information content (AvgIpc) is 2.97. The Kier molecular flexibility index (Phi) is 1.90. The summed E-state index contributed by atoms with van der Waals surface area (Å²) in [4.78, 5) is 11.7. The lowest BCUT2D eigenvalue weighted by molar-refractivity contribution is 0.0964. The van der Waals surface area contributed by atoms with Crippen LogP contribution in [0.1, 0.15) is 16.8 Å². The lowest BCUT2D eigenvalue weighted by Crippen LogP contribution is -2.02. The molecule has 1 nitrogen and oxygen atoms in total. The molecule has 0 N–H and O–H groups in total. The molecular formula is C12H10O. The molecule has 0 aromatic heterocycles. The number of hydrogen-bond acceptors (Lipinski definition) is 1. The van der Waals surface area contributed by atoms with Gasteiger partial charge in [-0.2, -0.15) is 0 Å². The molecular weight excluding hydrogens is 160 g/mol. The fraction of sp³-hybridized carbons (Fsp3) is 0.250. The highest BCUT2D eigenvalue weighted by Gasteiger charge is 2.41. The van der Waals surface area contributed by atoms with Crippen LogP contribution in [0.4, 0.5) is 0 Å². The Hall–Kier alpha value is -1.55. The highest BCUT2D eigenvalue weighted by atomic mass is 16.1. The van der Waals surface area contributed by atoms with Crippen molar-refractivity contribution in [1.82, 2.24) is 0 Å². The van der Waals surface area contributed by atoms with Crippen LogP contribution in [0.25, 0.3) is 0 Å². The molecule has 1 fully saturated rings. The summed E-state index contributed by atoms with van der Waals surface area (Å²) < 4.78 is 0. The standard InChI is InChI=1S/C12H10O/c1-2-9-8-11(9)12(13)10-6-4-3-5-7-10/h1,3-7,9,11H,8H2. The van der Waals surface area contributed by atoms with E-state index < -0.39 is 0 Å². The third kappa shape index (κ3) is 1.48. The van der Waals surface area contributed by atoms with Crippen LogP contribution >= 0.6 is 0 Å².